The van der Waals surface area contributed by atoms with Gasteiger partial charge < -0.3 is 15.2 Å². The minimum absolute atomic E-state index is 0.105. The van der Waals surface area contributed by atoms with E-state index >= 15 is 0 Å². The molecule has 7 nitrogen and oxygen atoms in total. The molecule has 18 heavy (non-hydrogen) atoms. The number of hydrogen-bond acceptors (Lipinski definition) is 6. The van der Waals surface area contributed by atoms with E-state index in [-0.39, 0.29) is 23.1 Å². The molecule has 0 fully saturated rings. The number of rotatable bonds is 6. The smallest absolute Gasteiger partial charge is 0.349 e. The van der Waals surface area contributed by atoms with Crippen LogP contribution in [0, 0.1) is 6.92 Å². The number of nitrogens with one attached hydrogen (secondary N) is 2. The van der Waals surface area contributed by atoms with E-state index in [2.05, 4.69) is 25.2 Å². The van der Waals surface area contributed by atoms with Crippen molar-refractivity contribution in [2.24, 2.45) is 0 Å². The molecule has 0 radical (unpaired) electrons. The predicted octanol–water partition coefficient (Wildman–Crippen LogP) is 0.953. The van der Waals surface area contributed by atoms with Gasteiger partial charge in [-0.1, -0.05) is 12.1 Å². The molecule has 0 saturated heterocycles. The van der Waals surface area contributed by atoms with Crippen LogP contribution in [-0.2, 0) is 0 Å². The van der Waals surface area contributed by atoms with Crippen LogP contribution >= 0.6 is 0 Å². The van der Waals surface area contributed by atoms with E-state index in [0.29, 0.717) is 12.1 Å². The third-order valence-electron chi connectivity index (χ3n) is 3.20. The van der Waals surface area contributed by atoms with Crippen LogP contribution in [-0.4, -0.2) is 35.5 Å². The second-order valence-electron chi connectivity index (χ2n) is 4.38. The molecule has 102 valence electrons. The van der Waals surface area contributed by atoms with Crippen LogP contribution in [0.5, 0.6) is 5.95 Å². The Morgan fingerprint density at radius 2 is 2.28 bits per heavy atom. The molecule has 1 unspecified atom stereocenters. The van der Waals surface area contributed by atoms with Gasteiger partial charge in [0, 0.05) is 12.1 Å². The maximum Gasteiger partial charge on any atom is 0.350 e. The number of amides is 1. The minimum Gasteiger partial charge on any atom is -0.349 e. The first-order valence-electron chi connectivity index (χ1n) is 5.72. The maximum absolute atomic E-state index is 11.9. The highest BCUT2D eigenvalue weighted by atomic mass is 17.1. The second kappa shape index (κ2) is 5.83. The van der Waals surface area contributed by atoms with Crippen molar-refractivity contribution in [1.29, 1.82) is 0 Å². The van der Waals surface area contributed by atoms with E-state index in [0.717, 1.165) is 6.42 Å². The Hall–Kier alpha value is -1.60. The van der Waals surface area contributed by atoms with Gasteiger partial charge in [-0.05, 0) is 27.3 Å². The first-order valence-corrected chi connectivity index (χ1v) is 5.72. The van der Waals surface area contributed by atoms with Crippen molar-refractivity contribution in [1.82, 2.24) is 15.8 Å². The molecule has 1 atom stereocenters. The summed E-state index contributed by atoms with van der Waals surface area (Å²) in [4.78, 5) is 15.8. The third-order valence-corrected chi connectivity index (χ3v) is 3.20. The monoisotopic (exact) mass is 257 g/mol. The Labute approximate surface area is 105 Å². The molecule has 3 N–H and O–H groups in total. The first-order chi connectivity index (χ1) is 8.47. The lowest BCUT2D eigenvalue weighted by Gasteiger charge is -2.27. The predicted molar refractivity (Wildman–Crippen MR) is 64.6 cm³/mol. The molecule has 1 aromatic rings. The zero-order valence-corrected chi connectivity index (χ0v) is 11.0. The number of likely N-dealkylation sites (N-methyl/N-ethyl adjacent to an activating group) is 1. The standard InChI is InChI=1S/C11H19N3O4/c1-5-11(3,12-4)6-13-9(15)8-7(2)10(18-16)17-14-8/h12,16H,5-6H2,1-4H3,(H,13,15). The Bertz CT molecular complexity index is 412. The quantitative estimate of drug-likeness (QED) is 0.518. The summed E-state index contributed by atoms with van der Waals surface area (Å²) in [6.45, 7) is 6.07. The molecular weight excluding hydrogens is 238 g/mol. The molecule has 0 spiro atoms. The maximum atomic E-state index is 11.9. The molecule has 0 bridgehead atoms. The Morgan fingerprint density at radius 1 is 1.61 bits per heavy atom. The van der Waals surface area contributed by atoms with Gasteiger partial charge in [-0.15, -0.1) is 0 Å². The molecule has 0 aliphatic rings. The van der Waals surface area contributed by atoms with Gasteiger partial charge in [0.1, 0.15) is 0 Å². The highest BCUT2D eigenvalue weighted by Gasteiger charge is 2.24. The third kappa shape index (κ3) is 2.99. The summed E-state index contributed by atoms with van der Waals surface area (Å²) in [5.74, 6) is -0.540. The summed E-state index contributed by atoms with van der Waals surface area (Å²) in [6, 6.07) is 0. The number of carbonyl (C=O) groups is 1. The van der Waals surface area contributed by atoms with Crippen LogP contribution in [0.2, 0.25) is 0 Å². The van der Waals surface area contributed by atoms with Crippen LogP contribution in [0.15, 0.2) is 4.52 Å². The number of nitrogens with zero attached hydrogens (tertiary/aromatic N) is 1. The van der Waals surface area contributed by atoms with E-state index in [1.165, 1.54) is 0 Å². The van der Waals surface area contributed by atoms with Crippen molar-refractivity contribution in [3.63, 3.8) is 0 Å². The largest absolute Gasteiger partial charge is 0.350 e. The minimum atomic E-state index is -0.366. The summed E-state index contributed by atoms with van der Waals surface area (Å²) < 4.78 is 4.65. The molecular formula is C11H19N3O4. The van der Waals surface area contributed by atoms with Gasteiger partial charge in [-0.25, -0.2) is 0 Å². The normalized spacial score (nSPS) is 14.1. The first kappa shape index (κ1) is 14.5. The molecule has 1 amide bonds. The van der Waals surface area contributed by atoms with Gasteiger partial charge in [0.15, 0.2) is 5.69 Å². The molecule has 0 aliphatic carbocycles. The van der Waals surface area contributed by atoms with Crippen LogP contribution < -0.4 is 15.5 Å². The van der Waals surface area contributed by atoms with Crippen molar-refractivity contribution >= 4 is 5.91 Å². The summed E-state index contributed by atoms with van der Waals surface area (Å²) in [5.41, 5.74) is 0.287. The fourth-order valence-electron chi connectivity index (χ4n) is 1.37. The fourth-order valence-corrected chi connectivity index (χ4v) is 1.37. The van der Waals surface area contributed by atoms with Crippen LogP contribution in [0.4, 0.5) is 0 Å². The van der Waals surface area contributed by atoms with Crippen LogP contribution in [0.3, 0.4) is 0 Å². The van der Waals surface area contributed by atoms with E-state index in [4.69, 9.17) is 5.26 Å². The second-order valence-corrected chi connectivity index (χ2v) is 4.38. The zero-order chi connectivity index (χ0) is 13.8. The average Bonchev–Trinajstić information content (AvgIpc) is 2.76. The number of hydrogen-bond donors (Lipinski definition) is 3. The Kier molecular flexibility index (Phi) is 4.69. The zero-order valence-electron chi connectivity index (χ0n) is 11.0. The SMILES string of the molecule is CCC(C)(CNC(=O)c1noc(OO)c1C)NC. The summed E-state index contributed by atoms with van der Waals surface area (Å²) >= 11 is 0. The van der Waals surface area contributed by atoms with Crippen molar-refractivity contribution < 1.29 is 19.5 Å². The van der Waals surface area contributed by atoms with Crippen molar-refractivity contribution in [3.05, 3.63) is 11.3 Å². The summed E-state index contributed by atoms with van der Waals surface area (Å²) in [5, 5.41) is 17.9. The Morgan fingerprint density at radius 3 is 2.72 bits per heavy atom. The molecule has 0 saturated carbocycles. The van der Waals surface area contributed by atoms with Gasteiger partial charge in [0.05, 0.1) is 5.56 Å². The van der Waals surface area contributed by atoms with Crippen LogP contribution in [0.25, 0.3) is 0 Å². The molecule has 0 aromatic carbocycles. The van der Waals surface area contributed by atoms with Crippen molar-refractivity contribution in [2.75, 3.05) is 13.6 Å². The summed E-state index contributed by atoms with van der Waals surface area (Å²) in [7, 11) is 1.84. The number of aromatic nitrogens is 1. The lowest BCUT2D eigenvalue weighted by atomic mass is 9.99. The van der Waals surface area contributed by atoms with Gasteiger partial charge >= 0.3 is 5.95 Å². The van der Waals surface area contributed by atoms with Gasteiger partial charge in [-0.3, -0.25) is 9.68 Å². The highest BCUT2D eigenvalue weighted by molar-refractivity contribution is 5.93. The van der Waals surface area contributed by atoms with E-state index < -0.39 is 0 Å². The van der Waals surface area contributed by atoms with Gasteiger partial charge in [-0.2, -0.15) is 5.26 Å². The molecule has 1 heterocycles. The van der Waals surface area contributed by atoms with Gasteiger partial charge in [0.2, 0.25) is 0 Å². The van der Waals surface area contributed by atoms with E-state index in [9.17, 15) is 4.79 Å². The molecule has 0 aliphatic heterocycles. The van der Waals surface area contributed by atoms with E-state index in [1.807, 2.05) is 20.9 Å². The lowest BCUT2D eigenvalue weighted by Crippen LogP contribution is -2.49. The van der Waals surface area contributed by atoms with Crippen molar-refractivity contribution in [3.8, 4) is 5.95 Å². The average molecular weight is 257 g/mol. The topological polar surface area (TPSA) is 96.6 Å². The molecule has 7 heteroatoms. The summed E-state index contributed by atoms with van der Waals surface area (Å²) in [6.07, 6.45) is 0.868. The van der Waals surface area contributed by atoms with Crippen molar-refractivity contribution in [2.45, 2.75) is 32.7 Å². The lowest BCUT2D eigenvalue weighted by molar-refractivity contribution is -0.158. The fraction of sp³-hybridized carbons (Fsp3) is 0.636. The van der Waals surface area contributed by atoms with E-state index in [1.54, 1.807) is 6.92 Å². The van der Waals surface area contributed by atoms with Gasteiger partial charge in [0.25, 0.3) is 5.91 Å². The Balaban J connectivity index is 2.68. The highest BCUT2D eigenvalue weighted by Crippen LogP contribution is 2.20. The number of carbonyl (C=O) groups excluding carboxylic acids is 1. The molecule has 1 rings (SSSR count). The molecule has 1 aromatic heterocycles. The van der Waals surface area contributed by atoms with Crippen LogP contribution in [0.1, 0.15) is 36.3 Å².